The van der Waals surface area contributed by atoms with Crippen molar-refractivity contribution < 1.29 is 14.3 Å². The van der Waals surface area contributed by atoms with E-state index in [1.165, 1.54) is 25.7 Å². The van der Waals surface area contributed by atoms with Gasteiger partial charge in [0.05, 0.1) is 13.1 Å². The molecule has 174 valence electrons. The molecule has 2 rings (SSSR count). The molecule has 1 aliphatic carbocycles. The number of carbonyl (C=O) groups is 2. The van der Waals surface area contributed by atoms with Gasteiger partial charge in [0, 0.05) is 32.4 Å². The van der Waals surface area contributed by atoms with Crippen molar-refractivity contribution in [2.45, 2.75) is 45.6 Å². The number of aliphatic imine (C=N–C) groups is 1. The third kappa shape index (κ3) is 9.42. The minimum atomic E-state index is -0.570. The fraction of sp³-hybridized carbons (Fsp3) is 0.591. The molecule has 0 aromatic heterocycles. The molecular formula is C22H36IN5O3. The Bertz CT molecular complexity index is 718. The van der Waals surface area contributed by atoms with Gasteiger partial charge in [0.25, 0.3) is 5.91 Å². The van der Waals surface area contributed by atoms with Gasteiger partial charge in [-0.15, -0.1) is 24.0 Å². The summed E-state index contributed by atoms with van der Waals surface area (Å²) in [6.45, 7) is 4.84. The lowest BCUT2D eigenvalue weighted by atomic mass is 9.83. The van der Waals surface area contributed by atoms with Crippen LogP contribution in [-0.2, 0) is 16.1 Å². The fourth-order valence-corrected chi connectivity index (χ4v) is 3.77. The number of nitrogens with one attached hydrogen (secondary N) is 3. The number of rotatable bonds is 11. The molecule has 1 aliphatic rings. The number of amides is 2. The molecule has 0 saturated heterocycles. The second kappa shape index (κ2) is 14.2. The zero-order chi connectivity index (χ0) is 21.8. The lowest BCUT2D eigenvalue weighted by Gasteiger charge is -2.30. The molecule has 31 heavy (non-hydrogen) atoms. The number of benzene rings is 1. The molecule has 2 amide bonds. The average Bonchev–Trinajstić information content (AvgIpc) is 3.22. The van der Waals surface area contributed by atoms with Crippen molar-refractivity contribution in [3.63, 3.8) is 0 Å². The van der Waals surface area contributed by atoms with E-state index in [1.54, 1.807) is 19.2 Å². The molecule has 0 radical (unpaired) electrons. The van der Waals surface area contributed by atoms with Crippen LogP contribution in [0.4, 0.5) is 0 Å². The van der Waals surface area contributed by atoms with Crippen molar-refractivity contribution in [2.75, 3.05) is 33.4 Å². The Hall–Kier alpha value is -1.88. The summed E-state index contributed by atoms with van der Waals surface area (Å²) < 4.78 is 5.32. The van der Waals surface area contributed by atoms with Gasteiger partial charge in [0.2, 0.25) is 5.91 Å². The van der Waals surface area contributed by atoms with Gasteiger partial charge < -0.3 is 26.4 Å². The molecule has 0 unspecified atom stereocenters. The van der Waals surface area contributed by atoms with Crippen molar-refractivity contribution in [3.8, 4) is 0 Å². The summed E-state index contributed by atoms with van der Waals surface area (Å²) in [5.41, 5.74) is 6.81. The van der Waals surface area contributed by atoms with Gasteiger partial charge in [-0.1, -0.05) is 25.0 Å². The maximum Gasteiger partial charge on any atom is 0.251 e. The van der Waals surface area contributed by atoms with Crippen molar-refractivity contribution >= 4 is 41.8 Å². The van der Waals surface area contributed by atoms with Gasteiger partial charge in [0.15, 0.2) is 5.96 Å². The van der Waals surface area contributed by atoms with Crippen molar-refractivity contribution in [2.24, 2.45) is 16.1 Å². The first-order valence-electron chi connectivity index (χ1n) is 10.6. The number of halogens is 1. The van der Waals surface area contributed by atoms with Crippen LogP contribution in [0, 0.1) is 5.41 Å². The molecule has 0 heterocycles. The van der Waals surface area contributed by atoms with Crippen molar-refractivity contribution in [1.29, 1.82) is 0 Å². The number of carbonyl (C=O) groups excluding carboxylic acids is 2. The van der Waals surface area contributed by atoms with Gasteiger partial charge in [-0.05, 0) is 49.3 Å². The number of guanidine groups is 1. The van der Waals surface area contributed by atoms with Crippen LogP contribution in [0.5, 0.6) is 0 Å². The summed E-state index contributed by atoms with van der Waals surface area (Å²) in [5.74, 6) is -0.0967. The zero-order valence-corrected chi connectivity index (χ0v) is 20.9. The minimum absolute atomic E-state index is 0. The van der Waals surface area contributed by atoms with Crippen LogP contribution in [-0.4, -0.2) is 51.1 Å². The first-order valence-corrected chi connectivity index (χ1v) is 10.6. The quantitative estimate of drug-likeness (QED) is 0.193. The Balaban J connectivity index is 0.00000480. The molecular weight excluding hydrogens is 509 g/mol. The Morgan fingerprint density at radius 1 is 1.13 bits per heavy atom. The van der Waals surface area contributed by atoms with Gasteiger partial charge in [0.1, 0.15) is 0 Å². The van der Waals surface area contributed by atoms with Gasteiger partial charge in [-0.3, -0.25) is 9.59 Å². The topological polar surface area (TPSA) is 118 Å². The monoisotopic (exact) mass is 545 g/mol. The third-order valence-corrected chi connectivity index (χ3v) is 5.53. The molecule has 0 bridgehead atoms. The summed E-state index contributed by atoms with van der Waals surface area (Å²) >= 11 is 0. The van der Waals surface area contributed by atoms with Gasteiger partial charge >= 0.3 is 0 Å². The Morgan fingerprint density at radius 2 is 1.81 bits per heavy atom. The number of ether oxygens (including phenoxy) is 1. The van der Waals surface area contributed by atoms with E-state index in [0.717, 1.165) is 37.6 Å². The standard InChI is InChI=1S/C22H35N5O3.HI/c1-3-24-21(27-16-22(12-13-30-2)10-4-5-11-22)26-14-17-6-8-18(9-7-17)20(29)25-15-19(23)28;/h6-9H,3-5,10-16H2,1-2H3,(H2,23,28)(H,25,29)(H2,24,26,27);1H. The SMILES string of the molecule is CCNC(=NCc1ccc(C(=O)NCC(N)=O)cc1)NCC1(CCOC)CCCC1.I. The predicted molar refractivity (Wildman–Crippen MR) is 134 cm³/mol. The van der Waals surface area contributed by atoms with Crippen LogP contribution in [0.2, 0.25) is 0 Å². The van der Waals surface area contributed by atoms with Gasteiger partial charge in [-0.2, -0.15) is 0 Å². The average molecular weight is 545 g/mol. The van der Waals surface area contributed by atoms with Crippen LogP contribution in [0.3, 0.4) is 0 Å². The summed E-state index contributed by atoms with van der Waals surface area (Å²) in [7, 11) is 1.76. The fourth-order valence-electron chi connectivity index (χ4n) is 3.77. The second-order valence-corrected chi connectivity index (χ2v) is 7.84. The molecule has 0 spiro atoms. The number of nitrogens with zero attached hydrogens (tertiary/aromatic N) is 1. The lowest BCUT2D eigenvalue weighted by molar-refractivity contribution is -0.117. The highest BCUT2D eigenvalue weighted by Crippen LogP contribution is 2.40. The molecule has 5 N–H and O–H groups in total. The first kappa shape index (κ1) is 27.2. The minimum Gasteiger partial charge on any atom is -0.385 e. The summed E-state index contributed by atoms with van der Waals surface area (Å²) in [5, 5.41) is 9.30. The van der Waals surface area contributed by atoms with Crippen molar-refractivity contribution in [3.05, 3.63) is 35.4 Å². The lowest BCUT2D eigenvalue weighted by Crippen LogP contribution is -2.43. The molecule has 9 heteroatoms. The smallest absolute Gasteiger partial charge is 0.251 e. The number of primary amides is 1. The molecule has 8 nitrogen and oxygen atoms in total. The summed E-state index contributed by atoms with van der Waals surface area (Å²) in [6.07, 6.45) is 6.07. The molecule has 1 aromatic carbocycles. The van der Waals surface area contributed by atoms with Crippen LogP contribution >= 0.6 is 24.0 Å². The Kier molecular flexibility index (Phi) is 12.5. The third-order valence-electron chi connectivity index (χ3n) is 5.53. The first-order chi connectivity index (χ1) is 14.5. The number of methoxy groups -OCH3 is 1. The highest BCUT2D eigenvalue weighted by molar-refractivity contribution is 14.0. The number of hydrogen-bond donors (Lipinski definition) is 4. The van der Waals surface area contributed by atoms with Crippen molar-refractivity contribution in [1.82, 2.24) is 16.0 Å². The second-order valence-electron chi connectivity index (χ2n) is 7.84. The Morgan fingerprint density at radius 3 is 2.39 bits per heavy atom. The van der Waals surface area contributed by atoms with Crippen LogP contribution < -0.4 is 21.7 Å². The maximum atomic E-state index is 12.0. The Labute approximate surface area is 202 Å². The molecule has 1 fully saturated rings. The predicted octanol–water partition coefficient (Wildman–Crippen LogP) is 2.17. The molecule has 1 saturated carbocycles. The highest BCUT2D eigenvalue weighted by Gasteiger charge is 2.33. The van der Waals surface area contributed by atoms with E-state index in [0.29, 0.717) is 12.1 Å². The highest BCUT2D eigenvalue weighted by atomic mass is 127. The normalized spacial score (nSPS) is 15.1. The van der Waals surface area contributed by atoms with Gasteiger partial charge in [-0.25, -0.2) is 4.99 Å². The maximum absolute atomic E-state index is 12.0. The van der Waals surface area contributed by atoms with E-state index in [1.807, 2.05) is 19.1 Å². The summed E-state index contributed by atoms with van der Waals surface area (Å²) in [4.78, 5) is 27.4. The van der Waals surface area contributed by atoms with E-state index in [-0.39, 0.29) is 41.8 Å². The summed E-state index contributed by atoms with van der Waals surface area (Å²) in [6, 6.07) is 7.17. The van der Waals surface area contributed by atoms with E-state index in [4.69, 9.17) is 15.5 Å². The van der Waals surface area contributed by atoms with E-state index < -0.39 is 5.91 Å². The van der Waals surface area contributed by atoms with E-state index in [2.05, 4.69) is 16.0 Å². The van der Waals surface area contributed by atoms with Crippen LogP contribution in [0.25, 0.3) is 0 Å². The van der Waals surface area contributed by atoms with E-state index in [9.17, 15) is 9.59 Å². The number of hydrogen-bond acceptors (Lipinski definition) is 4. The largest absolute Gasteiger partial charge is 0.385 e. The van der Waals surface area contributed by atoms with Crippen LogP contribution in [0.1, 0.15) is 54.9 Å². The molecule has 1 aromatic rings. The molecule has 0 atom stereocenters. The number of nitrogens with two attached hydrogens (primary N) is 1. The molecule has 0 aliphatic heterocycles. The zero-order valence-electron chi connectivity index (χ0n) is 18.5. The van der Waals surface area contributed by atoms with Crippen LogP contribution in [0.15, 0.2) is 29.3 Å². The van der Waals surface area contributed by atoms with E-state index >= 15 is 0 Å².